The van der Waals surface area contributed by atoms with Crippen molar-refractivity contribution in [1.29, 1.82) is 0 Å². The first-order valence-corrected chi connectivity index (χ1v) is 5.16. The maximum absolute atomic E-state index is 11.4. The first-order valence-electron chi connectivity index (χ1n) is 4.40. The van der Waals surface area contributed by atoms with Crippen LogP contribution in [0.25, 0.3) is 0 Å². The lowest BCUT2D eigenvalue weighted by Gasteiger charge is -2.15. The van der Waals surface area contributed by atoms with E-state index in [1.165, 1.54) is 0 Å². The molecule has 0 aromatic heterocycles. The van der Waals surface area contributed by atoms with E-state index in [0.717, 1.165) is 0 Å². The van der Waals surface area contributed by atoms with Crippen LogP contribution in [0.15, 0.2) is 18.2 Å². The van der Waals surface area contributed by atoms with Crippen molar-refractivity contribution in [2.75, 3.05) is 20.6 Å². The number of rotatable bonds is 4. The Balaban J connectivity index is 2.63. The minimum atomic E-state index is -1.14. The molecule has 0 heterocycles. The van der Waals surface area contributed by atoms with E-state index in [1.54, 1.807) is 37.2 Å². The van der Waals surface area contributed by atoms with Gasteiger partial charge >= 0.3 is 0 Å². The molecule has 0 saturated heterocycles. The predicted molar refractivity (Wildman–Crippen MR) is 60.1 cm³/mol. The van der Waals surface area contributed by atoms with Gasteiger partial charge in [0.25, 0.3) is 0 Å². The third-order valence-corrected chi connectivity index (χ3v) is 2.05. The van der Waals surface area contributed by atoms with Gasteiger partial charge in [0, 0.05) is 10.0 Å². The maximum Gasteiger partial charge on any atom is 0.243 e. The van der Waals surface area contributed by atoms with Gasteiger partial charge in [0.05, 0.1) is 6.54 Å². The van der Waals surface area contributed by atoms with E-state index >= 15 is 0 Å². The third kappa shape index (κ3) is 4.71. The molecule has 0 saturated carbocycles. The molecule has 3 nitrogen and oxygen atoms in total. The molecule has 0 aliphatic carbocycles. The molecular formula is C10H12Cl2NO2. The predicted octanol–water partition coefficient (Wildman–Crippen LogP) is 2.69. The van der Waals surface area contributed by atoms with Crippen molar-refractivity contribution < 1.29 is 9.84 Å². The summed E-state index contributed by atoms with van der Waals surface area (Å²) in [6.45, 7) is 0.296. The Labute approximate surface area is 99.2 Å². The Morgan fingerprint density at radius 2 is 1.80 bits per heavy atom. The summed E-state index contributed by atoms with van der Waals surface area (Å²) >= 11 is 11.5. The van der Waals surface area contributed by atoms with E-state index in [0.29, 0.717) is 22.3 Å². The van der Waals surface area contributed by atoms with Crippen LogP contribution in [0.3, 0.4) is 0 Å². The topological polar surface area (TPSA) is 32.4 Å². The zero-order valence-electron chi connectivity index (χ0n) is 8.54. The summed E-state index contributed by atoms with van der Waals surface area (Å²) in [4.78, 5) is 1.75. The summed E-state index contributed by atoms with van der Waals surface area (Å²) in [6.07, 6.45) is -1.14. The van der Waals surface area contributed by atoms with Gasteiger partial charge in [-0.05, 0) is 32.3 Å². The first-order chi connectivity index (χ1) is 6.97. The highest BCUT2D eigenvalue weighted by molar-refractivity contribution is 6.34. The van der Waals surface area contributed by atoms with Crippen LogP contribution < -0.4 is 4.74 Å². The summed E-state index contributed by atoms with van der Waals surface area (Å²) in [5.74, 6) is 0.398. The van der Waals surface area contributed by atoms with E-state index in [-0.39, 0.29) is 0 Å². The molecule has 0 aliphatic heterocycles. The fraction of sp³-hybridized carbons (Fsp3) is 0.400. The molecule has 0 amide bonds. The fourth-order valence-electron chi connectivity index (χ4n) is 1.08. The highest BCUT2D eigenvalue weighted by Gasteiger charge is 2.09. The molecule has 1 radical (unpaired) electrons. The van der Waals surface area contributed by atoms with E-state index in [2.05, 4.69) is 0 Å². The van der Waals surface area contributed by atoms with Gasteiger partial charge in [-0.1, -0.05) is 23.2 Å². The van der Waals surface area contributed by atoms with Gasteiger partial charge in [-0.2, -0.15) is 5.11 Å². The van der Waals surface area contributed by atoms with Gasteiger partial charge in [0.2, 0.25) is 6.29 Å². The van der Waals surface area contributed by atoms with E-state index in [1.807, 2.05) is 0 Å². The highest BCUT2D eigenvalue weighted by Crippen LogP contribution is 2.24. The fourth-order valence-corrected chi connectivity index (χ4v) is 1.59. The minimum Gasteiger partial charge on any atom is -0.461 e. The van der Waals surface area contributed by atoms with E-state index < -0.39 is 6.29 Å². The monoisotopic (exact) mass is 248 g/mol. The van der Waals surface area contributed by atoms with E-state index in [9.17, 15) is 5.11 Å². The van der Waals surface area contributed by atoms with Crippen molar-refractivity contribution in [2.45, 2.75) is 6.29 Å². The standard InChI is InChI=1S/C10H12Cl2NO2/c1-13(2)6-10(14)15-9-4-7(11)3-8(12)5-9/h3-5,10H,6H2,1-2H3. The maximum atomic E-state index is 11.4. The van der Waals surface area contributed by atoms with Gasteiger partial charge in [-0.3, -0.25) is 0 Å². The number of halogens is 2. The van der Waals surface area contributed by atoms with Crippen molar-refractivity contribution in [2.24, 2.45) is 0 Å². The summed E-state index contributed by atoms with van der Waals surface area (Å²) < 4.78 is 5.12. The molecule has 0 aliphatic rings. The Hall–Kier alpha value is -0.480. The minimum absolute atomic E-state index is 0.296. The smallest absolute Gasteiger partial charge is 0.243 e. The molecule has 1 atom stereocenters. The number of ether oxygens (including phenoxy) is 1. The molecule has 15 heavy (non-hydrogen) atoms. The van der Waals surface area contributed by atoms with Gasteiger partial charge in [-0.15, -0.1) is 0 Å². The lowest BCUT2D eigenvalue weighted by atomic mass is 10.3. The van der Waals surface area contributed by atoms with Gasteiger partial charge < -0.3 is 9.64 Å². The van der Waals surface area contributed by atoms with Gasteiger partial charge in [0.15, 0.2) is 0 Å². The average Bonchev–Trinajstić information content (AvgIpc) is 1.98. The lowest BCUT2D eigenvalue weighted by molar-refractivity contribution is -0.0821. The third-order valence-electron chi connectivity index (χ3n) is 1.62. The van der Waals surface area contributed by atoms with Crippen molar-refractivity contribution in [3.05, 3.63) is 28.2 Å². The second kappa shape index (κ2) is 5.56. The van der Waals surface area contributed by atoms with Crippen LogP contribution in [0.4, 0.5) is 0 Å². The Morgan fingerprint density at radius 1 is 1.27 bits per heavy atom. The van der Waals surface area contributed by atoms with Crippen LogP contribution >= 0.6 is 23.2 Å². The second-order valence-corrected chi connectivity index (χ2v) is 4.29. The molecule has 0 spiro atoms. The first kappa shape index (κ1) is 12.6. The van der Waals surface area contributed by atoms with Crippen molar-refractivity contribution in [3.8, 4) is 5.75 Å². The Morgan fingerprint density at radius 3 is 2.27 bits per heavy atom. The molecular weight excluding hydrogens is 237 g/mol. The zero-order valence-corrected chi connectivity index (χ0v) is 10.0. The molecule has 1 rings (SSSR count). The second-order valence-electron chi connectivity index (χ2n) is 3.41. The molecule has 0 bridgehead atoms. The van der Waals surface area contributed by atoms with Crippen LogP contribution in [0.5, 0.6) is 5.75 Å². The van der Waals surface area contributed by atoms with Gasteiger partial charge in [0.1, 0.15) is 5.75 Å². The van der Waals surface area contributed by atoms with Crippen LogP contribution in [0.2, 0.25) is 10.0 Å². The summed E-state index contributed by atoms with van der Waals surface area (Å²) in [6, 6.07) is 4.71. The molecule has 0 fully saturated rings. The summed E-state index contributed by atoms with van der Waals surface area (Å²) in [5, 5.41) is 12.3. The largest absolute Gasteiger partial charge is 0.461 e. The number of nitrogens with zero attached hydrogens (tertiary/aromatic N) is 1. The molecule has 1 unspecified atom stereocenters. The van der Waals surface area contributed by atoms with Crippen LogP contribution in [-0.4, -0.2) is 31.8 Å². The van der Waals surface area contributed by atoms with Crippen molar-refractivity contribution in [3.63, 3.8) is 0 Å². The van der Waals surface area contributed by atoms with Crippen molar-refractivity contribution >= 4 is 23.2 Å². The molecule has 1 aromatic rings. The number of likely N-dealkylation sites (N-methyl/N-ethyl adjacent to an activating group) is 1. The average molecular weight is 249 g/mol. The number of hydrogen-bond acceptors (Lipinski definition) is 2. The summed E-state index contributed by atoms with van der Waals surface area (Å²) in [7, 11) is 3.61. The van der Waals surface area contributed by atoms with Crippen LogP contribution in [0, 0.1) is 0 Å². The molecule has 1 aromatic carbocycles. The molecule has 83 valence electrons. The normalized spacial score (nSPS) is 12.9. The zero-order chi connectivity index (χ0) is 11.4. The molecule has 0 N–H and O–H groups in total. The number of hydrogen-bond donors (Lipinski definition) is 0. The van der Waals surface area contributed by atoms with E-state index in [4.69, 9.17) is 27.9 Å². The Kier molecular flexibility index (Phi) is 4.67. The van der Waals surface area contributed by atoms with Gasteiger partial charge in [-0.25, -0.2) is 0 Å². The summed E-state index contributed by atoms with van der Waals surface area (Å²) in [5.41, 5.74) is 0. The van der Waals surface area contributed by atoms with Crippen LogP contribution in [-0.2, 0) is 5.11 Å². The SMILES string of the molecule is CN(C)CC([O])Oc1cc(Cl)cc(Cl)c1. The lowest BCUT2D eigenvalue weighted by Crippen LogP contribution is -2.29. The van der Waals surface area contributed by atoms with Crippen LogP contribution in [0.1, 0.15) is 0 Å². The molecule has 5 heteroatoms. The quantitative estimate of drug-likeness (QED) is 0.768. The number of benzene rings is 1. The van der Waals surface area contributed by atoms with Crippen molar-refractivity contribution in [1.82, 2.24) is 4.90 Å². The Bertz CT molecular complexity index is 311. The highest BCUT2D eigenvalue weighted by atomic mass is 35.5.